The molecule has 0 spiro atoms. The first-order valence-electron chi connectivity index (χ1n) is 17.3. The van der Waals surface area contributed by atoms with Crippen LogP contribution in [0, 0.1) is 0 Å². The molecule has 50 heavy (non-hydrogen) atoms. The summed E-state index contributed by atoms with van der Waals surface area (Å²) in [4.78, 5) is 41.2. The van der Waals surface area contributed by atoms with Crippen molar-refractivity contribution in [1.82, 2.24) is 28.4 Å². The quantitative estimate of drug-likeness (QED) is 0.237. The molecule has 2 fully saturated rings. The van der Waals surface area contributed by atoms with Crippen LogP contribution in [0.5, 0.6) is 0 Å². The van der Waals surface area contributed by atoms with Crippen molar-refractivity contribution < 1.29 is 9.84 Å². The number of nitrogens with zero attached hydrogens (tertiary/aromatic N) is 7. The molecule has 2 unspecified atom stereocenters. The zero-order chi connectivity index (χ0) is 34.5. The first-order valence-corrected chi connectivity index (χ1v) is 17.3. The number of fused-ring (bicyclic) bond motifs is 3. The Bertz CT molecular complexity index is 2200. The summed E-state index contributed by atoms with van der Waals surface area (Å²) in [6.45, 7) is 9.29. The summed E-state index contributed by atoms with van der Waals surface area (Å²) in [6.07, 6.45) is 15.0. The van der Waals surface area contributed by atoms with Gasteiger partial charge in [-0.25, -0.2) is 9.97 Å². The van der Waals surface area contributed by atoms with Crippen molar-refractivity contribution in [2.45, 2.75) is 57.3 Å². The first kappa shape index (κ1) is 32.2. The van der Waals surface area contributed by atoms with Crippen LogP contribution >= 0.6 is 0 Å². The van der Waals surface area contributed by atoms with Crippen LogP contribution in [0.15, 0.2) is 83.6 Å². The number of pyridine rings is 3. The summed E-state index contributed by atoms with van der Waals surface area (Å²) in [5.74, 6) is 0.885. The summed E-state index contributed by atoms with van der Waals surface area (Å²) in [5, 5.41) is 13.9. The van der Waals surface area contributed by atoms with Gasteiger partial charge in [0.15, 0.2) is 0 Å². The average molecular weight is 675 g/mol. The van der Waals surface area contributed by atoms with E-state index >= 15 is 0 Å². The van der Waals surface area contributed by atoms with Crippen molar-refractivity contribution in [3.8, 4) is 16.9 Å². The molecular weight excluding hydrogens is 632 g/mol. The van der Waals surface area contributed by atoms with E-state index in [2.05, 4.69) is 38.6 Å². The number of ether oxygens (including phenoxy) is 1. The number of anilines is 3. The maximum absolute atomic E-state index is 13.8. The Kier molecular flexibility index (Phi) is 8.38. The van der Waals surface area contributed by atoms with E-state index in [1.165, 1.54) is 20.4 Å². The normalized spacial score (nSPS) is 19.7. The van der Waals surface area contributed by atoms with Gasteiger partial charge in [-0.15, -0.1) is 6.58 Å². The second kappa shape index (κ2) is 13.0. The molecule has 12 heteroatoms. The van der Waals surface area contributed by atoms with Crippen LogP contribution in [0.2, 0.25) is 0 Å². The SMILES string of the molecule is C=CC1CN(C2COC2)C(C)CN1c1ccc(Nc2cc(-c3ccnc(-n4ccn5c6c(cc5c4=O)CCCC6)c3CO)cn(C)c2=O)nc1. The Balaban J connectivity index is 1.08. The van der Waals surface area contributed by atoms with Crippen molar-refractivity contribution in [3.63, 3.8) is 0 Å². The maximum Gasteiger partial charge on any atom is 0.280 e. The molecule has 0 radical (unpaired) electrons. The van der Waals surface area contributed by atoms with E-state index in [4.69, 9.17) is 4.74 Å². The molecule has 2 saturated heterocycles. The van der Waals surface area contributed by atoms with Crippen molar-refractivity contribution in [2.75, 3.05) is 36.5 Å². The van der Waals surface area contributed by atoms with Gasteiger partial charge in [0.25, 0.3) is 11.1 Å². The third kappa shape index (κ3) is 5.53. The number of aryl methyl sites for hydroxylation is 3. The molecule has 3 aliphatic rings. The third-order valence-corrected chi connectivity index (χ3v) is 10.6. The average Bonchev–Trinajstić information content (AvgIpc) is 3.50. The largest absolute Gasteiger partial charge is 0.392 e. The lowest BCUT2D eigenvalue weighted by Crippen LogP contribution is -2.63. The number of aliphatic hydroxyl groups excluding tert-OH is 1. The third-order valence-electron chi connectivity index (χ3n) is 10.6. The molecule has 12 nitrogen and oxygen atoms in total. The minimum absolute atomic E-state index is 0.147. The van der Waals surface area contributed by atoms with Gasteiger partial charge < -0.3 is 29.0 Å². The van der Waals surface area contributed by atoms with Crippen molar-refractivity contribution in [3.05, 3.63) is 111 Å². The molecule has 258 valence electrons. The molecule has 2 aliphatic heterocycles. The zero-order valence-corrected chi connectivity index (χ0v) is 28.5. The molecule has 8 rings (SSSR count). The van der Waals surface area contributed by atoms with Gasteiger partial charge in [-0.05, 0) is 74.1 Å². The van der Waals surface area contributed by atoms with Crippen LogP contribution < -0.4 is 21.3 Å². The Labute approximate surface area is 289 Å². The van der Waals surface area contributed by atoms with E-state index in [0.29, 0.717) is 51.6 Å². The van der Waals surface area contributed by atoms with Gasteiger partial charge in [0.1, 0.15) is 22.8 Å². The van der Waals surface area contributed by atoms with E-state index < -0.39 is 0 Å². The monoisotopic (exact) mass is 674 g/mol. The second-order valence-corrected chi connectivity index (χ2v) is 13.6. The molecule has 1 aliphatic carbocycles. The number of nitrogens with one attached hydrogen (secondary N) is 1. The maximum atomic E-state index is 13.8. The predicted octanol–water partition coefficient (Wildman–Crippen LogP) is 3.82. The smallest absolute Gasteiger partial charge is 0.280 e. The van der Waals surface area contributed by atoms with Crippen LogP contribution in [0.3, 0.4) is 0 Å². The highest BCUT2D eigenvalue weighted by atomic mass is 16.5. The second-order valence-electron chi connectivity index (χ2n) is 13.6. The van der Waals surface area contributed by atoms with Crippen LogP contribution in [-0.4, -0.2) is 77.9 Å². The highest BCUT2D eigenvalue weighted by molar-refractivity contribution is 5.73. The lowest BCUT2D eigenvalue weighted by Gasteiger charge is -2.50. The lowest BCUT2D eigenvalue weighted by molar-refractivity contribution is -0.0818. The standard InChI is InChI=1S/C38H42N8O4/c1-4-27-20-45(29-22-50-23-29)24(2)18-46(27)28-9-10-35(40-17-28)41-32-15-26(19-42(3)37(32)48)30-11-12-39-36(31(30)21-47)44-14-13-43-33-8-6-5-7-25(33)16-34(43)38(44)49/h4,9-17,19,24,27,29,47H,1,5-8,18,20-23H2,2-3H3,(H,40,41). The molecule has 0 amide bonds. The van der Waals surface area contributed by atoms with Crippen molar-refractivity contribution >= 4 is 22.7 Å². The Morgan fingerprint density at radius 1 is 1.06 bits per heavy atom. The molecule has 0 bridgehead atoms. The Hall–Kier alpha value is -5.04. The summed E-state index contributed by atoms with van der Waals surface area (Å²) in [6, 6.07) is 10.4. The van der Waals surface area contributed by atoms with Crippen molar-refractivity contribution in [1.29, 1.82) is 0 Å². The van der Waals surface area contributed by atoms with Gasteiger partial charge in [0, 0.05) is 67.8 Å². The highest BCUT2D eigenvalue weighted by Gasteiger charge is 2.37. The Morgan fingerprint density at radius 2 is 1.90 bits per heavy atom. The van der Waals surface area contributed by atoms with Crippen LogP contribution in [0.1, 0.15) is 36.6 Å². The molecular formula is C38H42N8O4. The number of hydrogen-bond donors (Lipinski definition) is 2. The fourth-order valence-corrected chi connectivity index (χ4v) is 7.82. The van der Waals surface area contributed by atoms with Gasteiger partial charge in [-0.1, -0.05) is 6.08 Å². The van der Waals surface area contributed by atoms with Gasteiger partial charge >= 0.3 is 0 Å². The minimum Gasteiger partial charge on any atom is -0.392 e. The molecule has 5 aromatic heterocycles. The minimum atomic E-state index is -0.352. The number of hydrogen-bond acceptors (Lipinski definition) is 9. The lowest BCUT2D eigenvalue weighted by atomic mass is 9.98. The highest BCUT2D eigenvalue weighted by Crippen LogP contribution is 2.31. The van der Waals surface area contributed by atoms with Gasteiger partial charge in [-0.2, -0.15) is 0 Å². The number of aliphatic hydroxyl groups is 1. The van der Waals surface area contributed by atoms with Crippen molar-refractivity contribution in [2.24, 2.45) is 7.05 Å². The summed E-state index contributed by atoms with van der Waals surface area (Å²) in [7, 11) is 1.69. The predicted molar refractivity (Wildman–Crippen MR) is 194 cm³/mol. The molecule has 0 aromatic carbocycles. The Morgan fingerprint density at radius 3 is 2.64 bits per heavy atom. The fourth-order valence-electron chi connectivity index (χ4n) is 7.82. The molecule has 2 N–H and O–H groups in total. The van der Waals surface area contributed by atoms with E-state index in [-0.39, 0.29) is 23.8 Å². The number of rotatable bonds is 8. The topological polar surface area (TPSA) is 122 Å². The van der Waals surface area contributed by atoms with E-state index in [0.717, 1.165) is 57.7 Å². The number of piperazine rings is 1. The zero-order valence-electron chi connectivity index (χ0n) is 28.5. The summed E-state index contributed by atoms with van der Waals surface area (Å²) in [5.41, 5.74) is 5.75. The van der Waals surface area contributed by atoms with E-state index in [1.807, 2.05) is 41.1 Å². The molecule has 0 saturated carbocycles. The molecule has 2 atom stereocenters. The van der Waals surface area contributed by atoms with Crippen LogP contribution in [0.25, 0.3) is 22.5 Å². The van der Waals surface area contributed by atoms with Gasteiger partial charge in [0.05, 0.1) is 43.8 Å². The van der Waals surface area contributed by atoms with E-state index in [9.17, 15) is 14.7 Å². The summed E-state index contributed by atoms with van der Waals surface area (Å²) >= 11 is 0. The molecule has 7 heterocycles. The van der Waals surface area contributed by atoms with Gasteiger partial charge in [0.2, 0.25) is 0 Å². The van der Waals surface area contributed by atoms with E-state index in [1.54, 1.807) is 37.8 Å². The van der Waals surface area contributed by atoms with Gasteiger partial charge in [-0.3, -0.25) is 19.1 Å². The fraction of sp³-hybridized carbons (Fsp3) is 0.368. The summed E-state index contributed by atoms with van der Waals surface area (Å²) < 4.78 is 10.4. The first-order chi connectivity index (χ1) is 24.3. The van der Waals surface area contributed by atoms with Crippen LogP contribution in [0.4, 0.5) is 17.2 Å². The molecule has 5 aromatic rings. The van der Waals surface area contributed by atoms with Crippen LogP contribution in [-0.2, 0) is 31.2 Å². The number of aromatic nitrogens is 5.